The first-order valence-electron chi connectivity index (χ1n) is 10.1. The zero-order valence-corrected chi connectivity index (χ0v) is 18.4. The second-order valence-electron chi connectivity index (χ2n) is 7.24. The monoisotopic (exact) mass is 451 g/mol. The molecule has 1 aliphatic rings. The lowest BCUT2D eigenvalue weighted by molar-refractivity contribution is -0.133. The number of carboxylic acids is 1. The summed E-state index contributed by atoms with van der Waals surface area (Å²) in [5, 5.41) is 10.2. The number of benzene rings is 1. The number of likely N-dealkylation sites (N-methyl/N-ethyl adjacent to an activating group) is 2. The predicted octanol–water partition coefficient (Wildman–Crippen LogP) is 3.36. The van der Waals surface area contributed by atoms with Crippen LogP contribution in [0.5, 0.6) is 0 Å². The first-order valence-corrected chi connectivity index (χ1v) is 10.6. The molecule has 1 saturated heterocycles. The Bertz CT molecular complexity index is 1260. The molecule has 3 heterocycles. The summed E-state index contributed by atoms with van der Waals surface area (Å²) in [5.41, 5.74) is 1.61. The Morgan fingerprint density at radius 2 is 1.72 bits per heavy atom. The molecule has 1 aromatic carbocycles. The molecule has 0 aliphatic carbocycles. The van der Waals surface area contributed by atoms with E-state index in [4.69, 9.17) is 21.7 Å². The van der Waals surface area contributed by atoms with E-state index in [0.717, 1.165) is 10.9 Å². The third-order valence-corrected chi connectivity index (χ3v) is 5.80. The highest BCUT2D eigenvalue weighted by molar-refractivity contribution is 7.80. The number of amides is 2. The number of carbonyl (C=O) groups excluding carboxylic acids is 2. The van der Waals surface area contributed by atoms with Crippen molar-refractivity contribution in [3.05, 3.63) is 65.3 Å². The van der Waals surface area contributed by atoms with Crippen LogP contribution in [-0.4, -0.2) is 55.5 Å². The SMILES string of the molecule is CCN1C(=O)C(=Cc2cn(Cc3ccc(C(=O)O)o3)c3ccccc23)C(=O)N(CC)C1=S. The molecule has 1 N–H and O–H groups in total. The number of hydrogen-bond acceptors (Lipinski definition) is 5. The van der Waals surface area contributed by atoms with Gasteiger partial charge in [0.2, 0.25) is 5.76 Å². The number of nitrogens with zero attached hydrogens (tertiary/aromatic N) is 3. The van der Waals surface area contributed by atoms with Crippen LogP contribution in [0.4, 0.5) is 0 Å². The van der Waals surface area contributed by atoms with Crippen molar-refractivity contribution in [3.8, 4) is 0 Å². The summed E-state index contributed by atoms with van der Waals surface area (Å²) in [6.07, 6.45) is 3.42. The van der Waals surface area contributed by atoms with Crippen LogP contribution in [0.25, 0.3) is 17.0 Å². The fourth-order valence-electron chi connectivity index (χ4n) is 3.81. The van der Waals surface area contributed by atoms with Crippen LogP contribution in [0, 0.1) is 0 Å². The van der Waals surface area contributed by atoms with Gasteiger partial charge >= 0.3 is 5.97 Å². The molecule has 0 atom stereocenters. The highest BCUT2D eigenvalue weighted by atomic mass is 32.1. The Kier molecular flexibility index (Phi) is 5.67. The van der Waals surface area contributed by atoms with E-state index in [1.54, 1.807) is 12.1 Å². The molecule has 8 nitrogen and oxygen atoms in total. The highest BCUT2D eigenvalue weighted by Gasteiger charge is 2.38. The molecule has 0 bridgehead atoms. The number of aromatic carboxylic acids is 1. The average molecular weight is 452 g/mol. The van der Waals surface area contributed by atoms with Gasteiger partial charge in [-0.1, -0.05) is 18.2 Å². The smallest absolute Gasteiger partial charge is 0.371 e. The van der Waals surface area contributed by atoms with Gasteiger partial charge in [0.25, 0.3) is 11.8 Å². The quantitative estimate of drug-likeness (QED) is 0.351. The highest BCUT2D eigenvalue weighted by Crippen LogP contribution is 2.27. The van der Waals surface area contributed by atoms with E-state index in [1.807, 2.05) is 48.9 Å². The van der Waals surface area contributed by atoms with Gasteiger partial charge < -0.3 is 14.1 Å². The maximum Gasteiger partial charge on any atom is 0.371 e. The van der Waals surface area contributed by atoms with Gasteiger partial charge in [0.15, 0.2) is 5.11 Å². The summed E-state index contributed by atoms with van der Waals surface area (Å²) >= 11 is 5.32. The number of carboxylic acid groups (broad SMARTS) is 1. The Hall–Kier alpha value is -3.72. The van der Waals surface area contributed by atoms with Crippen LogP contribution in [-0.2, 0) is 16.1 Å². The Balaban J connectivity index is 1.78. The van der Waals surface area contributed by atoms with E-state index in [9.17, 15) is 14.4 Å². The summed E-state index contributed by atoms with van der Waals surface area (Å²) in [7, 11) is 0. The van der Waals surface area contributed by atoms with Crippen molar-refractivity contribution < 1.29 is 23.9 Å². The number of para-hydroxylation sites is 1. The van der Waals surface area contributed by atoms with Crippen molar-refractivity contribution in [2.45, 2.75) is 20.4 Å². The summed E-state index contributed by atoms with van der Waals surface area (Å²) in [6, 6.07) is 10.6. The summed E-state index contributed by atoms with van der Waals surface area (Å²) < 4.78 is 7.28. The molecule has 0 spiro atoms. The molecule has 0 saturated carbocycles. The number of hydrogen-bond donors (Lipinski definition) is 1. The molecule has 164 valence electrons. The van der Waals surface area contributed by atoms with Crippen LogP contribution in [0.15, 0.2) is 52.6 Å². The maximum atomic E-state index is 13.0. The van der Waals surface area contributed by atoms with Crippen molar-refractivity contribution in [2.24, 2.45) is 0 Å². The number of fused-ring (bicyclic) bond motifs is 1. The maximum absolute atomic E-state index is 13.0. The standard InChI is InChI=1S/C23H21N3O5S/c1-3-25-20(27)17(21(28)26(4-2)23(25)32)11-14-12-24(18-8-6-5-7-16(14)18)13-15-9-10-19(31-15)22(29)30/h5-12H,3-4,13H2,1-2H3,(H,29,30). The van der Waals surface area contributed by atoms with Gasteiger partial charge in [0.05, 0.1) is 6.54 Å². The molecular formula is C23H21N3O5S. The van der Waals surface area contributed by atoms with Crippen molar-refractivity contribution in [1.82, 2.24) is 14.4 Å². The van der Waals surface area contributed by atoms with Gasteiger partial charge in [-0.05, 0) is 50.3 Å². The molecular weight excluding hydrogens is 430 g/mol. The van der Waals surface area contributed by atoms with Gasteiger partial charge in [-0.25, -0.2) is 4.79 Å². The molecule has 1 aliphatic heterocycles. The molecule has 0 radical (unpaired) electrons. The van der Waals surface area contributed by atoms with Crippen molar-refractivity contribution >= 4 is 52.1 Å². The van der Waals surface area contributed by atoms with Crippen molar-refractivity contribution in [2.75, 3.05) is 13.1 Å². The average Bonchev–Trinajstić information content (AvgIpc) is 3.38. The number of thiocarbonyl (C=S) groups is 1. The van der Waals surface area contributed by atoms with E-state index in [0.29, 0.717) is 31.0 Å². The lowest BCUT2D eigenvalue weighted by Gasteiger charge is -2.35. The first kappa shape index (κ1) is 21.5. The number of carbonyl (C=O) groups is 3. The summed E-state index contributed by atoms with van der Waals surface area (Å²) in [5.74, 6) is -1.62. The number of aromatic nitrogens is 1. The van der Waals surface area contributed by atoms with E-state index < -0.39 is 17.8 Å². The van der Waals surface area contributed by atoms with Gasteiger partial charge in [0.1, 0.15) is 11.3 Å². The topological polar surface area (TPSA) is 96.0 Å². The number of rotatable bonds is 6. The molecule has 3 aromatic rings. The van der Waals surface area contributed by atoms with E-state index in [-0.39, 0.29) is 16.4 Å². The zero-order valence-electron chi connectivity index (χ0n) is 17.6. The fourth-order valence-corrected chi connectivity index (χ4v) is 4.23. The van der Waals surface area contributed by atoms with Crippen LogP contribution < -0.4 is 0 Å². The molecule has 2 amide bonds. The Morgan fingerprint density at radius 1 is 1.06 bits per heavy atom. The normalized spacial score (nSPS) is 14.6. The number of furan rings is 1. The predicted molar refractivity (Wildman–Crippen MR) is 122 cm³/mol. The molecule has 9 heteroatoms. The summed E-state index contributed by atoms with van der Waals surface area (Å²) in [6.45, 7) is 4.65. The first-order chi connectivity index (χ1) is 15.3. The molecule has 0 unspecified atom stereocenters. The Labute approximate surface area is 189 Å². The third-order valence-electron chi connectivity index (χ3n) is 5.36. The minimum absolute atomic E-state index is 0.0522. The van der Waals surface area contributed by atoms with Gasteiger partial charge in [-0.15, -0.1) is 0 Å². The third kappa shape index (κ3) is 3.60. The minimum Gasteiger partial charge on any atom is -0.475 e. The van der Waals surface area contributed by atoms with Crippen LogP contribution in [0.3, 0.4) is 0 Å². The second kappa shape index (κ2) is 8.43. The zero-order chi connectivity index (χ0) is 23.0. The fraction of sp³-hybridized carbons (Fsp3) is 0.217. The molecule has 4 rings (SSSR count). The van der Waals surface area contributed by atoms with Gasteiger partial charge in [-0.3, -0.25) is 19.4 Å². The second-order valence-corrected chi connectivity index (χ2v) is 7.61. The van der Waals surface area contributed by atoms with Crippen molar-refractivity contribution in [3.63, 3.8) is 0 Å². The minimum atomic E-state index is -1.13. The Morgan fingerprint density at radius 3 is 2.31 bits per heavy atom. The van der Waals surface area contributed by atoms with Crippen LogP contribution in [0.2, 0.25) is 0 Å². The van der Waals surface area contributed by atoms with Crippen LogP contribution in [0.1, 0.15) is 35.7 Å². The molecule has 2 aromatic heterocycles. The summed E-state index contributed by atoms with van der Waals surface area (Å²) in [4.78, 5) is 39.9. The van der Waals surface area contributed by atoms with E-state index in [1.165, 1.54) is 15.9 Å². The largest absolute Gasteiger partial charge is 0.475 e. The van der Waals surface area contributed by atoms with Crippen molar-refractivity contribution in [1.29, 1.82) is 0 Å². The lowest BCUT2D eigenvalue weighted by atomic mass is 10.1. The van der Waals surface area contributed by atoms with Gasteiger partial charge in [0, 0.05) is 35.8 Å². The molecule has 1 fully saturated rings. The van der Waals surface area contributed by atoms with Gasteiger partial charge in [-0.2, -0.15) is 0 Å². The lowest BCUT2D eigenvalue weighted by Crippen LogP contribution is -2.55. The molecule has 32 heavy (non-hydrogen) atoms. The van der Waals surface area contributed by atoms with Crippen LogP contribution >= 0.6 is 12.2 Å². The van der Waals surface area contributed by atoms with E-state index in [2.05, 4.69) is 0 Å². The van der Waals surface area contributed by atoms with E-state index >= 15 is 0 Å².